The minimum absolute atomic E-state index is 0.00174. The van der Waals surface area contributed by atoms with Crippen molar-refractivity contribution in [2.45, 2.75) is 38.4 Å². The molecule has 4 nitrogen and oxygen atoms in total. The Bertz CT molecular complexity index is 1030. The normalized spacial score (nSPS) is 28.3. The zero-order valence-electron chi connectivity index (χ0n) is 15.3. The molecule has 0 radical (unpaired) electrons. The number of hydrogen-bond acceptors (Lipinski definition) is 4. The minimum atomic E-state index is -0.247. The van der Waals surface area contributed by atoms with Gasteiger partial charge in [-0.15, -0.1) is 0 Å². The van der Waals surface area contributed by atoms with E-state index >= 15 is 0 Å². The first-order valence-corrected chi connectivity index (χ1v) is 10.3. The van der Waals surface area contributed by atoms with E-state index in [1.807, 2.05) is 31.2 Å². The number of aliphatic hydroxyl groups excluding tert-OH is 1. The van der Waals surface area contributed by atoms with E-state index in [4.69, 9.17) is 27.9 Å². The van der Waals surface area contributed by atoms with Gasteiger partial charge in [0.15, 0.2) is 5.78 Å². The molecule has 144 valence electrons. The Morgan fingerprint density at radius 1 is 1.11 bits per heavy atom. The van der Waals surface area contributed by atoms with Gasteiger partial charge >= 0.3 is 0 Å². The third kappa shape index (κ3) is 2.55. The molecule has 2 aromatic rings. The lowest BCUT2D eigenvalue weighted by atomic mass is 9.80. The first-order chi connectivity index (χ1) is 13.5. The number of allylic oxidation sites excluding steroid dienone is 1. The van der Waals surface area contributed by atoms with Crippen molar-refractivity contribution in [3.8, 4) is 11.1 Å². The molecule has 2 saturated heterocycles. The van der Waals surface area contributed by atoms with Crippen LogP contribution in [0.4, 0.5) is 0 Å². The van der Waals surface area contributed by atoms with Crippen molar-refractivity contribution < 1.29 is 14.6 Å². The molecule has 5 rings (SSSR count). The van der Waals surface area contributed by atoms with Crippen LogP contribution in [0, 0.1) is 11.8 Å². The van der Waals surface area contributed by atoms with Crippen LogP contribution in [-0.2, 0) is 16.0 Å². The molecule has 2 unspecified atom stereocenters. The molecule has 0 amide bonds. The number of aromatic nitrogens is 1. The van der Waals surface area contributed by atoms with E-state index < -0.39 is 0 Å². The number of ether oxygens (including phenoxy) is 1. The van der Waals surface area contributed by atoms with Crippen LogP contribution in [0.25, 0.3) is 16.7 Å². The lowest BCUT2D eigenvalue weighted by molar-refractivity contribution is -0.118. The number of Topliss-reactive ketones (excluding diaryl/α,β-unsaturated/α-hetero) is 1. The highest BCUT2D eigenvalue weighted by Gasteiger charge is 2.59. The minimum Gasteiger partial charge on any atom is -0.511 e. The van der Waals surface area contributed by atoms with E-state index in [-0.39, 0.29) is 35.6 Å². The number of fused-ring (bicyclic) bond motifs is 5. The zero-order valence-corrected chi connectivity index (χ0v) is 16.8. The Morgan fingerprint density at radius 3 is 2.54 bits per heavy atom. The number of aryl methyl sites for hydroxylation is 1. The number of pyridine rings is 1. The smallest absolute Gasteiger partial charge is 0.173 e. The highest BCUT2D eigenvalue weighted by Crippen LogP contribution is 2.54. The van der Waals surface area contributed by atoms with Crippen molar-refractivity contribution in [1.82, 2.24) is 4.98 Å². The summed E-state index contributed by atoms with van der Waals surface area (Å²) in [4.78, 5) is 17.4. The van der Waals surface area contributed by atoms with E-state index in [1.54, 1.807) is 6.07 Å². The van der Waals surface area contributed by atoms with Crippen molar-refractivity contribution >= 4 is 34.6 Å². The van der Waals surface area contributed by atoms with Gasteiger partial charge in [-0.2, -0.15) is 0 Å². The van der Waals surface area contributed by atoms with E-state index in [2.05, 4.69) is 4.98 Å². The van der Waals surface area contributed by atoms with E-state index in [1.165, 1.54) is 0 Å². The molecule has 3 heterocycles. The molecule has 28 heavy (non-hydrogen) atoms. The second-order valence-corrected chi connectivity index (χ2v) is 8.41. The topological polar surface area (TPSA) is 59.4 Å². The summed E-state index contributed by atoms with van der Waals surface area (Å²) < 4.78 is 5.89. The summed E-state index contributed by atoms with van der Waals surface area (Å²) in [5.41, 5.74) is 3.83. The van der Waals surface area contributed by atoms with Gasteiger partial charge in [-0.1, -0.05) is 42.3 Å². The fourth-order valence-corrected chi connectivity index (χ4v) is 5.45. The fourth-order valence-electron chi connectivity index (χ4n) is 5.00. The number of benzene rings is 1. The summed E-state index contributed by atoms with van der Waals surface area (Å²) in [5, 5.41) is 11.6. The van der Waals surface area contributed by atoms with Crippen LogP contribution >= 0.6 is 23.2 Å². The summed E-state index contributed by atoms with van der Waals surface area (Å²) in [6, 6.07) is 9.39. The van der Waals surface area contributed by atoms with E-state index in [9.17, 15) is 9.90 Å². The fraction of sp³-hybridized carbons (Fsp3) is 0.364. The van der Waals surface area contributed by atoms with Crippen LogP contribution in [0.2, 0.25) is 10.3 Å². The van der Waals surface area contributed by atoms with Crippen LogP contribution in [0.15, 0.2) is 36.1 Å². The van der Waals surface area contributed by atoms with Crippen molar-refractivity contribution in [3.05, 3.63) is 57.5 Å². The van der Waals surface area contributed by atoms with Gasteiger partial charge in [0.1, 0.15) is 16.1 Å². The first-order valence-electron chi connectivity index (χ1n) is 9.58. The maximum absolute atomic E-state index is 13.3. The number of halogens is 2. The van der Waals surface area contributed by atoms with Crippen LogP contribution in [0.5, 0.6) is 0 Å². The number of hydrogen-bond donors (Lipinski definition) is 1. The largest absolute Gasteiger partial charge is 0.511 e. The molecular weight excluding hydrogens is 397 g/mol. The quantitative estimate of drug-likeness (QED) is 0.694. The third-order valence-corrected chi connectivity index (χ3v) is 6.78. The molecule has 1 aromatic heterocycles. The molecule has 1 aromatic carbocycles. The van der Waals surface area contributed by atoms with Gasteiger partial charge in [0.25, 0.3) is 0 Å². The van der Waals surface area contributed by atoms with Crippen LogP contribution < -0.4 is 0 Å². The van der Waals surface area contributed by atoms with Gasteiger partial charge in [0, 0.05) is 5.56 Å². The predicted octanol–water partition coefficient (Wildman–Crippen LogP) is 5.26. The lowest BCUT2D eigenvalue weighted by Gasteiger charge is -2.19. The molecule has 4 atom stereocenters. The molecule has 0 saturated carbocycles. The van der Waals surface area contributed by atoms with Crippen molar-refractivity contribution in [2.24, 2.45) is 11.8 Å². The molecule has 6 heteroatoms. The highest BCUT2D eigenvalue weighted by atomic mass is 35.5. The average molecular weight is 416 g/mol. The van der Waals surface area contributed by atoms with Gasteiger partial charge < -0.3 is 9.84 Å². The second kappa shape index (κ2) is 6.58. The number of rotatable bonds is 3. The molecule has 2 fully saturated rings. The molecule has 2 aliphatic heterocycles. The van der Waals surface area contributed by atoms with Crippen molar-refractivity contribution in [1.29, 1.82) is 0 Å². The van der Waals surface area contributed by atoms with Gasteiger partial charge in [-0.3, -0.25) is 4.79 Å². The Morgan fingerprint density at radius 2 is 1.86 bits per heavy atom. The first kappa shape index (κ1) is 18.2. The number of carbonyl (C=O) groups excluding carboxylic acids is 1. The zero-order chi connectivity index (χ0) is 19.6. The summed E-state index contributed by atoms with van der Waals surface area (Å²) in [5.74, 6) is -0.255. The third-order valence-electron chi connectivity index (χ3n) is 6.28. The molecule has 1 aliphatic carbocycles. The van der Waals surface area contributed by atoms with E-state index in [0.29, 0.717) is 15.9 Å². The average Bonchev–Trinajstić information content (AvgIpc) is 3.35. The Labute approximate surface area is 173 Å². The Hall–Kier alpha value is -1.88. The standard InChI is InChI=1S/C22H19Cl2NO3/c1-2-10-3-4-11(12-5-8-16(23)25-22(12)24)9-13(10)17-20(26)18-14-6-7-15(28-14)19(18)21(17)27/h3-5,8-9,14-15,18-19,26H,2,6-7H2,1H3/t14?,15?,18-,19+/m0/s1. The van der Waals surface area contributed by atoms with E-state index in [0.717, 1.165) is 41.5 Å². The van der Waals surface area contributed by atoms with Gasteiger partial charge in [-0.25, -0.2) is 4.98 Å². The maximum atomic E-state index is 13.3. The van der Waals surface area contributed by atoms with Crippen LogP contribution in [0.1, 0.15) is 30.9 Å². The summed E-state index contributed by atoms with van der Waals surface area (Å²) in [6.07, 6.45) is 2.45. The predicted molar refractivity (Wildman–Crippen MR) is 109 cm³/mol. The molecule has 1 N–H and O–H groups in total. The Kier molecular flexibility index (Phi) is 4.27. The summed E-state index contributed by atoms with van der Waals surface area (Å²) in [7, 11) is 0. The number of aliphatic hydroxyl groups is 1. The Balaban J connectivity index is 1.64. The SMILES string of the molecule is CCc1ccc(-c2ccc(Cl)nc2Cl)cc1C1=C(O)[C@H]2C3CCC(O3)[C@H]2C1=O. The van der Waals surface area contributed by atoms with Crippen LogP contribution in [0.3, 0.4) is 0 Å². The molecular formula is C22H19Cl2NO3. The van der Waals surface area contributed by atoms with Crippen LogP contribution in [-0.4, -0.2) is 28.1 Å². The monoisotopic (exact) mass is 415 g/mol. The van der Waals surface area contributed by atoms with Gasteiger partial charge in [0.05, 0.1) is 29.6 Å². The second-order valence-electron chi connectivity index (χ2n) is 7.66. The molecule has 3 aliphatic rings. The number of nitrogens with zero attached hydrogens (tertiary/aromatic N) is 1. The van der Waals surface area contributed by atoms with Gasteiger partial charge in [-0.05, 0) is 54.2 Å². The van der Waals surface area contributed by atoms with Gasteiger partial charge in [0.2, 0.25) is 0 Å². The lowest BCUT2D eigenvalue weighted by Crippen LogP contribution is -2.29. The number of carbonyl (C=O) groups is 1. The maximum Gasteiger partial charge on any atom is 0.173 e. The molecule has 2 bridgehead atoms. The summed E-state index contributed by atoms with van der Waals surface area (Å²) in [6.45, 7) is 2.04. The molecule has 0 spiro atoms. The summed E-state index contributed by atoms with van der Waals surface area (Å²) >= 11 is 12.2. The van der Waals surface area contributed by atoms with Crippen molar-refractivity contribution in [3.63, 3.8) is 0 Å². The van der Waals surface area contributed by atoms with Crippen molar-refractivity contribution in [2.75, 3.05) is 0 Å². The number of ketones is 1. The highest BCUT2D eigenvalue weighted by molar-refractivity contribution is 6.34.